The number of nitrogens with one attached hydrogen (secondary N) is 1. The first-order valence-corrected chi connectivity index (χ1v) is 12.3. The van der Waals surface area contributed by atoms with E-state index in [0.717, 1.165) is 16.8 Å². The maximum absolute atomic E-state index is 13.0. The number of hydrogen-bond donors (Lipinski definition) is 1. The molecule has 3 rings (SSSR count). The molecule has 0 spiro atoms. The Morgan fingerprint density at radius 3 is 2.56 bits per heavy atom. The monoisotopic (exact) mass is 460 g/mol. The van der Waals surface area contributed by atoms with Crippen LogP contribution in [0.2, 0.25) is 0 Å². The Hall–Kier alpha value is -2.42. The van der Waals surface area contributed by atoms with E-state index in [2.05, 4.69) is 19.2 Å². The fourth-order valence-electron chi connectivity index (χ4n) is 3.84. The van der Waals surface area contributed by atoms with Gasteiger partial charge in [0.25, 0.3) is 0 Å². The van der Waals surface area contributed by atoms with Crippen LogP contribution in [0.5, 0.6) is 5.75 Å². The fraction of sp³-hybridized carbons (Fsp3) is 0.458. The van der Waals surface area contributed by atoms with Crippen LogP contribution in [-0.2, 0) is 26.0 Å². The van der Waals surface area contributed by atoms with Gasteiger partial charge in [0, 0.05) is 25.2 Å². The number of amides is 1. The van der Waals surface area contributed by atoms with Gasteiger partial charge in [-0.2, -0.15) is 4.31 Å². The Bertz CT molecular complexity index is 1060. The highest BCUT2D eigenvalue weighted by atomic mass is 32.2. The molecule has 1 heterocycles. The summed E-state index contributed by atoms with van der Waals surface area (Å²) >= 11 is 0. The second-order valence-corrected chi connectivity index (χ2v) is 10.2. The number of aryl methyl sites for hydroxylation is 2. The van der Waals surface area contributed by atoms with Gasteiger partial charge in [-0.05, 0) is 54.2 Å². The number of carbonyl (C=O) groups is 1. The van der Waals surface area contributed by atoms with Crippen molar-refractivity contribution in [3.63, 3.8) is 0 Å². The van der Waals surface area contributed by atoms with Crippen molar-refractivity contribution >= 4 is 21.6 Å². The molecule has 1 saturated heterocycles. The number of hydrogen-bond acceptors (Lipinski definition) is 5. The van der Waals surface area contributed by atoms with Crippen LogP contribution in [-0.4, -0.2) is 52.0 Å². The number of sulfonamides is 1. The van der Waals surface area contributed by atoms with E-state index in [9.17, 15) is 13.2 Å². The third-order valence-electron chi connectivity index (χ3n) is 5.67. The average Bonchev–Trinajstić information content (AvgIpc) is 2.79. The summed E-state index contributed by atoms with van der Waals surface area (Å²) in [4.78, 5) is 13.0. The minimum absolute atomic E-state index is 0.121. The number of anilines is 1. The van der Waals surface area contributed by atoms with E-state index >= 15 is 0 Å². The minimum atomic E-state index is -3.62. The highest BCUT2D eigenvalue weighted by molar-refractivity contribution is 7.89. The molecule has 7 nitrogen and oxygen atoms in total. The van der Waals surface area contributed by atoms with Crippen LogP contribution in [0, 0.1) is 6.92 Å². The molecule has 1 aliphatic rings. The summed E-state index contributed by atoms with van der Waals surface area (Å²) in [6.07, 6.45) is 0.577. The summed E-state index contributed by atoms with van der Waals surface area (Å²) in [5.41, 5.74) is 3.64. The molecule has 1 fully saturated rings. The molecular weight excluding hydrogens is 428 g/mol. The lowest BCUT2D eigenvalue weighted by molar-refractivity contribution is -0.116. The second-order valence-electron chi connectivity index (χ2n) is 8.23. The van der Waals surface area contributed by atoms with Crippen LogP contribution in [0.3, 0.4) is 0 Å². The van der Waals surface area contributed by atoms with Gasteiger partial charge in [0.1, 0.15) is 5.75 Å². The molecule has 1 aliphatic heterocycles. The number of carbonyl (C=O) groups excluding carboxylic acids is 1. The molecule has 2 aromatic carbocycles. The van der Waals surface area contributed by atoms with Gasteiger partial charge in [0.15, 0.2) is 0 Å². The molecule has 32 heavy (non-hydrogen) atoms. The van der Waals surface area contributed by atoms with Crippen LogP contribution < -0.4 is 10.1 Å². The summed E-state index contributed by atoms with van der Waals surface area (Å²) in [5.74, 6) is 0.731. The van der Waals surface area contributed by atoms with Crippen LogP contribution in [0.15, 0.2) is 41.3 Å². The zero-order valence-electron chi connectivity index (χ0n) is 19.2. The molecule has 0 atom stereocenters. The first kappa shape index (κ1) is 24.2. The van der Waals surface area contributed by atoms with Crippen molar-refractivity contribution in [1.29, 1.82) is 0 Å². The Balaban J connectivity index is 1.76. The third-order valence-corrected chi connectivity index (χ3v) is 7.57. The van der Waals surface area contributed by atoms with Crippen LogP contribution in [0.25, 0.3) is 0 Å². The molecule has 8 heteroatoms. The van der Waals surface area contributed by atoms with Gasteiger partial charge in [-0.3, -0.25) is 4.79 Å². The van der Waals surface area contributed by atoms with E-state index in [1.165, 1.54) is 11.4 Å². The molecular formula is C24H32N2O5S. The quantitative estimate of drug-likeness (QED) is 0.649. The maximum atomic E-state index is 13.0. The van der Waals surface area contributed by atoms with Gasteiger partial charge in [0.05, 0.1) is 25.2 Å². The first-order valence-electron chi connectivity index (χ1n) is 10.9. The SMILES string of the molecule is COc1ccc(S(=O)(=O)N2CCOCC2)cc1CCC(=O)Nc1c(C)cccc1C(C)C. The van der Waals surface area contributed by atoms with E-state index in [1.807, 2.05) is 25.1 Å². The Morgan fingerprint density at radius 2 is 1.91 bits per heavy atom. The van der Waals surface area contributed by atoms with E-state index in [-0.39, 0.29) is 23.1 Å². The zero-order chi connectivity index (χ0) is 23.3. The summed E-state index contributed by atoms with van der Waals surface area (Å²) in [6, 6.07) is 10.8. The Labute approximate surface area is 190 Å². The number of methoxy groups -OCH3 is 1. The molecule has 0 aromatic heterocycles. The number of para-hydroxylation sites is 1. The predicted molar refractivity (Wildman–Crippen MR) is 125 cm³/mol. The lowest BCUT2D eigenvalue weighted by Crippen LogP contribution is -2.40. The second kappa shape index (κ2) is 10.5. The molecule has 174 valence electrons. The fourth-order valence-corrected chi connectivity index (χ4v) is 5.30. The Morgan fingerprint density at radius 1 is 1.19 bits per heavy atom. The summed E-state index contributed by atoms with van der Waals surface area (Å²) in [7, 11) is -2.08. The summed E-state index contributed by atoms with van der Waals surface area (Å²) < 4.78 is 38.1. The number of benzene rings is 2. The van der Waals surface area contributed by atoms with Gasteiger partial charge in [-0.15, -0.1) is 0 Å². The molecule has 0 saturated carbocycles. The standard InChI is InChI=1S/C24H32N2O5S/c1-17(2)21-7-5-6-18(3)24(21)25-23(27)11-8-19-16-20(9-10-22(19)30-4)32(28,29)26-12-14-31-15-13-26/h5-7,9-10,16-17H,8,11-15H2,1-4H3,(H,25,27). The number of nitrogens with zero attached hydrogens (tertiary/aromatic N) is 1. The van der Waals surface area contributed by atoms with Gasteiger partial charge in [0.2, 0.25) is 15.9 Å². The van der Waals surface area contributed by atoms with Crippen molar-refractivity contribution in [2.75, 3.05) is 38.7 Å². The first-order chi connectivity index (χ1) is 15.2. The predicted octanol–water partition coefficient (Wildman–Crippen LogP) is 3.72. The average molecular weight is 461 g/mol. The maximum Gasteiger partial charge on any atom is 0.243 e. The van der Waals surface area contributed by atoms with Crippen molar-refractivity contribution in [1.82, 2.24) is 4.31 Å². The number of ether oxygens (including phenoxy) is 2. The van der Waals surface area contributed by atoms with Gasteiger partial charge >= 0.3 is 0 Å². The van der Waals surface area contributed by atoms with Crippen LogP contribution in [0.4, 0.5) is 5.69 Å². The Kier molecular flexibility index (Phi) is 7.92. The van der Waals surface area contributed by atoms with Gasteiger partial charge in [-0.25, -0.2) is 8.42 Å². The highest BCUT2D eigenvalue weighted by Crippen LogP contribution is 2.29. The lowest BCUT2D eigenvalue weighted by Gasteiger charge is -2.26. The van der Waals surface area contributed by atoms with Crippen LogP contribution in [0.1, 0.15) is 42.9 Å². The van der Waals surface area contributed by atoms with E-state index in [1.54, 1.807) is 18.2 Å². The van der Waals surface area contributed by atoms with Gasteiger partial charge < -0.3 is 14.8 Å². The molecule has 1 N–H and O–H groups in total. The highest BCUT2D eigenvalue weighted by Gasteiger charge is 2.27. The normalized spacial score (nSPS) is 15.0. The third kappa shape index (κ3) is 5.49. The van der Waals surface area contributed by atoms with Crippen molar-refractivity contribution in [3.05, 3.63) is 53.1 Å². The molecule has 1 amide bonds. The largest absolute Gasteiger partial charge is 0.496 e. The molecule has 0 aliphatic carbocycles. The minimum Gasteiger partial charge on any atom is -0.496 e. The summed E-state index contributed by atoms with van der Waals surface area (Å²) in [5, 5.41) is 3.04. The number of rotatable bonds is 8. The zero-order valence-corrected chi connectivity index (χ0v) is 20.0. The van der Waals surface area contributed by atoms with Crippen molar-refractivity contribution in [2.45, 2.75) is 44.4 Å². The lowest BCUT2D eigenvalue weighted by atomic mass is 9.98. The smallest absolute Gasteiger partial charge is 0.243 e. The van der Waals surface area contributed by atoms with E-state index in [4.69, 9.17) is 9.47 Å². The molecule has 0 unspecified atom stereocenters. The molecule has 0 radical (unpaired) electrons. The molecule has 0 bridgehead atoms. The van der Waals surface area contributed by atoms with Crippen LogP contribution >= 0.6 is 0 Å². The molecule has 2 aromatic rings. The van der Waals surface area contributed by atoms with Crippen molar-refractivity contribution in [3.8, 4) is 5.75 Å². The van der Waals surface area contributed by atoms with Crippen molar-refractivity contribution in [2.24, 2.45) is 0 Å². The van der Waals surface area contributed by atoms with Crippen molar-refractivity contribution < 1.29 is 22.7 Å². The number of morpholine rings is 1. The topological polar surface area (TPSA) is 84.9 Å². The summed E-state index contributed by atoms with van der Waals surface area (Å²) in [6.45, 7) is 7.61. The van der Waals surface area contributed by atoms with E-state index < -0.39 is 10.0 Å². The van der Waals surface area contributed by atoms with Gasteiger partial charge in [-0.1, -0.05) is 32.0 Å². The van der Waals surface area contributed by atoms with E-state index in [0.29, 0.717) is 44.0 Å².